The number of hydrogen-bond acceptors (Lipinski definition) is 2. The molecule has 26 heavy (non-hydrogen) atoms. The normalized spacial score (nSPS) is 11.9. The minimum atomic E-state index is -4.26. The van der Waals surface area contributed by atoms with Gasteiger partial charge in [0.25, 0.3) is 0 Å². The average molecular weight is 359 g/mol. The predicted octanol–water partition coefficient (Wildman–Crippen LogP) is 4.74. The van der Waals surface area contributed by atoms with Crippen LogP contribution in [0.2, 0.25) is 0 Å². The molecule has 0 spiro atoms. The number of halogens is 3. The Labute approximate surface area is 150 Å². The molecule has 2 aromatic carbocycles. The van der Waals surface area contributed by atoms with Crippen molar-refractivity contribution in [3.8, 4) is 11.1 Å². The van der Waals surface area contributed by atoms with Gasteiger partial charge in [0.05, 0.1) is 6.54 Å². The fourth-order valence-corrected chi connectivity index (χ4v) is 2.97. The summed E-state index contributed by atoms with van der Waals surface area (Å²) in [4.78, 5) is 6.05. The molecule has 0 aliphatic carbocycles. The quantitative estimate of drug-likeness (QED) is 0.634. The fraction of sp³-hybridized carbons (Fsp3) is 0.250. The number of benzene rings is 2. The van der Waals surface area contributed by atoms with Crippen molar-refractivity contribution < 1.29 is 13.2 Å². The first-order valence-electron chi connectivity index (χ1n) is 8.31. The largest absolute Gasteiger partial charge is 0.406 e. The number of hydrogen-bond donors (Lipinski definition) is 0. The van der Waals surface area contributed by atoms with Crippen LogP contribution in [-0.2, 0) is 19.6 Å². The third-order valence-electron chi connectivity index (χ3n) is 4.11. The summed E-state index contributed by atoms with van der Waals surface area (Å²) in [6.45, 7) is -0.0626. The Bertz CT molecular complexity index is 841. The van der Waals surface area contributed by atoms with Gasteiger partial charge in [-0.1, -0.05) is 54.6 Å². The molecular weight excluding hydrogens is 339 g/mol. The molecule has 1 aromatic heterocycles. The molecule has 0 aliphatic rings. The highest BCUT2D eigenvalue weighted by molar-refractivity contribution is 5.67. The van der Waals surface area contributed by atoms with E-state index >= 15 is 0 Å². The molecule has 0 radical (unpaired) electrons. The van der Waals surface area contributed by atoms with Crippen LogP contribution in [0.1, 0.15) is 11.4 Å². The first-order chi connectivity index (χ1) is 12.4. The van der Waals surface area contributed by atoms with Crippen LogP contribution in [0.15, 0.2) is 67.0 Å². The molecule has 0 bridgehead atoms. The Hall–Kier alpha value is -2.60. The predicted molar refractivity (Wildman–Crippen MR) is 95.3 cm³/mol. The second-order valence-corrected chi connectivity index (χ2v) is 6.28. The van der Waals surface area contributed by atoms with E-state index in [1.807, 2.05) is 48.3 Å². The maximum Gasteiger partial charge on any atom is 0.406 e. The lowest BCUT2D eigenvalue weighted by atomic mass is 9.99. The maximum atomic E-state index is 12.7. The minimum absolute atomic E-state index is 0.339. The second kappa shape index (κ2) is 7.74. The summed E-state index contributed by atoms with van der Waals surface area (Å²) in [5.41, 5.74) is 3.36. The molecular formula is C20H20F3N3. The van der Waals surface area contributed by atoms with Gasteiger partial charge in [0.1, 0.15) is 12.4 Å². The zero-order valence-electron chi connectivity index (χ0n) is 14.4. The van der Waals surface area contributed by atoms with Gasteiger partial charge in [0.2, 0.25) is 0 Å². The van der Waals surface area contributed by atoms with E-state index in [0.29, 0.717) is 18.9 Å². The lowest BCUT2D eigenvalue weighted by Crippen LogP contribution is -2.24. The Kier molecular flexibility index (Phi) is 5.42. The van der Waals surface area contributed by atoms with Crippen molar-refractivity contribution >= 4 is 0 Å². The van der Waals surface area contributed by atoms with E-state index in [-0.39, 0.29) is 0 Å². The maximum absolute atomic E-state index is 12.7. The van der Waals surface area contributed by atoms with E-state index < -0.39 is 12.7 Å². The van der Waals surface area contributed by atoms with Crippen LogP contribution in [0, 0.1) is 0 Å². The Balaban J connectivity index is 1.74. The van der Waals surface area contributed by atoms with Crippen molar-refractivity contribution in [2.75, 3.05) is 7.05 Å². The molecule has 6 heteroatoms. The van der Waals surface area contributed by atoms with Gasteiger partial charge >= 0.3 is 6.18 Å². The van der Waals surface area contributed by atoms with Gasteiger partial charge in [-0.3, -0.25) is 4.90 Å². The van der Waals surface area contributed by atoms with E-state index in [9.17, 15) is 13.2 Å². The molecule has 0 aliphatic heterocycles. The molecule has 0 fully saturated rings. The first-order valence-corrected chi connectivity index (χ1v) is 8.31. The summed E-state index contributed by atoms with van der Waals surface area (Å²) in [6.07, 6.45) is -1.48. The van der Waals surface area contributed by atoms with Crippen molar-refractivity contribution in [2.45, 2.75) is 25.8 Å². The van der Waals surface area contributed by atoms with Crippen LogP contribution in [-0.4, -0.2) is 27.7 Å². The molecule has 3 aromatic rings. The third kappa shape index (κ3) is 4.73. The van der Waals surface area contributed by atoms with E-state index in [1.165, 1.54) is 12.4 Å². The van der Waals surface area contributed by atoms with Gasteiger partial charge in [-0.05, 0) is 23.7 Å². The summed E-state index contributed by atoms with van der Waals surface area (Å²) in [6, 6.07) is 18.1. The summed E-state index contributed by atoms with van der Waals surface area (Å²) in [5.74, 6) is 0.405. The average Bonchev–Trinajstić information content (AvgIpc) is 3.01. The number of nitrogens with zero attached hydrogens (tertiary/aromatic N) is 3. The molecule has 0 unspecified atom stereocenters. The van der Waals surface area contributed by atoms with Gasteiger partial charge in [-0.25, -0.2) is 4.98 Å². The fourth-order valence-electron chi connectivity index (χ4n) is 2.97. The van der Waals surface area contributed by atoms with Crippen molar-refractivity contribution in [1.29, 1.82) is 0 Å². The molecule has 0 amide bonds. The van der Waals surface area contributed by atoms with Crippen LogP contribution in [0.5, 0.6) is 0 Å². The van der Waals surface area contributed by atoms with Gasteiger partial charge in [-0.15, -0.1) is 0 Å². The summed E-state index contributed by atoms with van der Waals surface area (Å²) in [5, 5.41) is 0. The van der Waals surface area contributed by atoms with E-state index in [4.69, 9.17) is 0 Å². The van der Waals surface area contributed by atoms with E-state index in [0.717, 1.165) is 21.3 Å². The molecule has 0 N–H and O–H groups in total. The number of aromatic nitrogens is 2. The first kappa shape index (κ1) is 18.2. The van der Waals surface area contributed by atoms with Crippen molar-refractivity contribution in [3.05, 3.63) is 78.4 Å². The van der Waals surface area contributed by atoms with Gasteiger partial charge < -0.3 is 4.57 Å². The smallest absolute Gasteiger partial charge is 0.325 e. The summed E-state index contributed by atoms with van der Waals surface area (Å²) >= 11 is 0. The lowest BCUT2D eigenvalue weighted by molar-refractivity contribution is -0.141. The summed E-state index contributed by atoms with van der Waals surface area (Å²) < 4.78 is 39.1. The van der Waals surface area contributed by atoms with Crippen LogP contribution in [0.3, 0.4) is 0 Å². The minimum Gasteiger partial charge on any atom is -0.325 e. The molecule has 3 rings (SSSR count). The molecule has 3 nitrogen and oxygen atoms in total. The molecule has 0 saturated carbocycles. The van der Waals surface area contributed by atoms with E-state index in [1.54, 1.807) is 0 Å². The lowest BCUT2D eigenvalue weighted by Gasteiger charge is -2.20. The van der Waals surface area contributed by atoms with Gasteiger partial charge in [0.15, 0.2) is 0 Å². The molecule has 0 atom stereocenters. The van der Waals surface area contributed by atoms with Crippen LogP contribution < -0.4 is 0 Å². The summed E-state index contributed by atoms with van der Waals surface area (Å²) in [7, 11) is 1.88. The molecule has 1 heterocycles. The number of imidazole rings is 1. The van der Waals surface area contributed by atoms with E-state index in [2.05, 4.69) is 23.2 Å². The second-order valence-electron chi connectivity index (χ2n) is 6.28. The zero-order valence-corrected chi connectivity index (χ0v) is 14.4. The van der Waals surface area contributed by atoms with Crippen LogP contribution >= 0.6 is 0 Å². The number of rotatable bonds is 6. The highest BCUT2D eigenvalue weighted by atomic mass is 19.4. The topological polar surface area (TPSA) is 21.1 Å². The van der Waals surface area contributed by atoms with Crippen LogP contribution in [0.4, 0.5) is 13.2 Å². The van der Waals surface area contributed by atoms with Crippen molar-refractivity contribution in [3.63, 3.8) is 0 Å². The van der Waals surface area contributed by atoms with Gasteiger partial charge in [0, 0.05) is 18.9 Å². The Morgan fingerprint density at radius 1 is 0.962 bits per heavy atom. The zero-order chi connectivity index (χ0) is 18.6. The molecule has 136 valence electrons. The standard InChI is InChI=1S/C20H20F3N3/c1-25(14-19-24-11-12-26(19)15-20(21,22)23)13-17-9-5-6-10-18(17)16-7-3-2-4-8-16/h2-12H,13-15H2,1H3. The third-order valence-corrected chi connectivity index (χ3v) is 4.11. The van der Waals surface area contributed by atoms with Gasteiger partial charge in [-0.2, -0.15) is 13.2 Å². The Morgan fingerprint density at radius 2 is 1.65 bits per heavy atom. The van der Waals surface area contributed by atoms with Crippen LogP contribution in [0.25, 0.3) is 11.1 Å². The SMILES string of the molecule is CN(Cc1ccccc1-c1ccccc1)Cc1nccn1CC(F)(F)F. The molecule has 0 saturated heterocycles. The Morgan fingerprint density at radius 3 is 2.38 bits per heavy atom. The highest BCUT2D eigenvalue weighted by Gasteiger charge is 2.28. The monoisotopic (exact) mass is 359 g/mol. The number of alkyl halides is 3. The highest BCUT2D eigenvalue weighted by Crippen LogP contribution is 2.25. The van der Waals surface area contributed by atoms with Crippen molar-refractivity contribution in [2.24, 2.45) is 0 Å². The van der Waals surface area contributed by atoms with Crippen molar-refractivity contribution in [1.82, 2.24) is 14.5 Å².